The van der Waals surface area contributed by atoms with Gasteiger partial charge in [0.2, 0.25) is 0 Å². The van der Waals surface area contributed by atoms with E-state index in [4.69, 9.17) is 4.98 Å². The molecule has 0 radical (unpaired) electrons. The van der Waals surface area contributed by atoms with Gasteiger partial charge in [-0.25, -0.2) is 0 Å². The minimum absolute atomic E-state index is 0.791. The van der Waals surface area contributed by atoms with E-state index in [0.29, 0.717) is 0 Å². The van der Waals surface area contributed by atoms with Crippen molar-refractivity contribution in [3.63, 3.8) is 0 Å². The van der Waals surface area contributed by atoms with Crippen LogP contribution < -0.4 is 47.7 Å². The SMILES string of the molecule is [Se]=P(c1ccccc1)(c1ccccc1)c1ccc2c(c1)c1ccc(P(c3ccccc3)c3ccccc3)cc1n1c3ccc(P(c4ccccc4)c4ccccc4)cc3nc21. The first-order chi connectivity index (χ1) is 30.1. The Labute approximate surface area is 366 Å². The maximum atomic E-state index is 5.60. The number of aromatic nitrogens is 2. The fraction of sp³-hybridized carbons (Fsp3) is 0. The average molecular weight is 900 g/mol. The van der Waals surface area contributed by atoms with Gasteiger partial charge in [0.15, 0.2) is 0 Å². The number of nitrogens with zero attached hydrogens (tertiary/aromatic N) is 2. The maximum absolute atomic E-state index is 5.60. The van der Waals surface area contributed by atoms with Crippen molar-refractivity contribution in [2.75, 3.05) is 0 Å². The predicted molar refractivity (Wildman–Crippen MR) is 270 cm³/mol. The van der Waals surface area contributed by atoms with Gasteiger partial charge in [-0.3, -0.25) is 0 Å². The van der Waals surface area contributed by atoms with Gasteiger partial charge in [-0.15, -0.1) is 0 Å². The molecule has 290 valence electrons. The quantitative estimate of drug-likeness (QED) is 0.0802. The molecule has 0 aliphatic heterocycles. The van der Waals surface area contributed by atoms with Crippen molar-refractivity contribution >= 4 is 123 Å². The molecule has 0 unspecified atom stereocenters. The second kappa shape index (κ2) is 16.3. The van der Waals surface area contributed by atoms with E-state index < -0.39 is 21.4 Å². The summed E-state index contributed by atoms with van der Waals surface area (Å²) in [5, 5.41) is 15.4. The number of imidazole rings is 1. The summed E-state index contributed by atoms with van der Waals surface area (Å²) >= 11 is 3.81. The first kappa shape index (κ1) is 38.2. The second-order valence-corrected chi connectivity index (χ2v) is 25.8. The molecule has 2 nitrogen and oxygen atoms in total. The third-order valence-electron chi connectivity index (χ3n) is 11.6. The molecule has 0 aliphatic carbocycles. The molecule has 0 saturated heterocycles. The van der Waals surface area contributed by atoms with Gasteiger partial charge in [0.1, 0.15) is 0 Å². The van der Waals surface area contributed by atoms with Crippen molar-refractivity contribution in [1.29, 1.82) is 0 Å². The van der Waals surface area contributed by atoms with E-state index in [0.717, 1.165) is 22.1 Å². The van der Waals surface area contributed by atoms with Gasteiger partial charge in [-0.1, -0.05) is 72.8 Å². The molecule has 9 aromatic carbocycles. The van der Waals surface area contributed by atoms with Crippen LogP contribution in [0.4, 0.5) is 0 Å². The van der Waals surface area contributed by atoms with Crippen molar-refractivity contribution < 1.29 is 0 Å². The summed E-state index contributed by atoms with van der Waals surface area (Å²) in [4.78, 5) is 5.60. The van der Waals surface area contributed by atoms with Gasteiger partial charge in [-0.05, 0) is 0 Å². The van der Waals surface area contributed by atoms with E-state index in [1.165, 1.54) is 64.0 Å². The molecule has 2 heterocycles. The van der Waals surface area contributed by atoms with Crippen LogP contribution in [0.5, 0.6) is 0 Å². The summed E-state index contributed by atoms with van der Waals surface area (Å²) in [6, 6.07) is 87.3. The third-order valence-corrected chi connectivity index (χ3v) is 23.5. The Balaban J connectivity index is 1.20. The summed E-state index contributed by atoms with van der Waals surface area (Å²) in [6.45, 7) is 0. The molecule has 2 aromatic heterocycles. The number of benzene rings is 9. The van der Waals surface area contributed by atoms with Crippen LogP contribution in [0.2, 0.25) is 0 Å². The molecule has 6 heteroatoms. The Hall–Kier alpha value is -5.74. The summed E-state index contributed by atoms with van der Waals surface area (Å²) in [6.07, 6.45) is 0. The number of pyridine rings is 1. The summed E-state index contributed by atoms with van der Waals surface area (Å²) in [7, 11) is -1.62. The molecule has 0 aliphatic rings. The summed E-state index contributed by atoms with van der Waals surface area (Å²) < 4.78 is 2.44. The molecule has 0 spiro atoms. The van der Waals surface area contributed by atoms with Crippen LogP contribution in [0.15, 0.2) is 237 Å². The van der Waals surface area contributed by atoms with E-state index >= 15 is 0 Å². The van der Waals surface area contributed by atoms with Gasteiger partial charge < -0.3 is 0 Å². The van der Waals surface area contributed by atoms with E-state index in [1.54, 1.807) is 0 Å². The molecule has 61 heavy (non-hydrogen) atoms. The monoisotopic (exact) mass is 900 g/mol. The molecule has 0 bridgehead atoms. The van der Waals surface area contributed by atoms with Crippen molar-refractivity contribution in [2.24, 2.45) is 0 Å². The van der Waals surface area contributed by atoms with Crippen LogP contribution in [0.3, 0.4) is 0 Å². The Kier molecular flexibility index (Phi) is 10.2. The molecule has 0 fully saturated rings. The van der Waals surface area contributed by atoms with E-state index in [-0.39, 0.29) is 0 Å². The molecule has 0 N–H and O–H groups in total. The molecule has 11 aromatic rings. The standard InChI is InChI=1S/C55H39N2P3Se/c61-60(46-27-15-5-16-28-46,47-29-17-6-18-30-47)48-33-35-50-51(39-48)49-34-31-45(59(42-23-11-3-12-24-42)43-25-13-4-14-26-43)38-54(49)57-53-36-32-44(37-52(53)56-55(50)57)58(40-19-7-1-8-20-40)41-21-9-2-10-22-41/h1-39H. The Morgan fingerprint density at radius 1 is 0.344 bits per heavy atom. The van der Waals surface area contributed by atoms with Gasteiger partial charge in [-0.2, -0.15) is 0 Å². The number of hydrogen-bond donors (Lipinski definition) is 0. The van der Waals surface area contributed by atoms with Gasteiger partial charge in [0.25, 0.3) is 0 Å². The third kappa shape index (κ3) is 6.83. The van der Waals surface area contributed by atoms with Crippen LogP contribution in [0.1, 0.15) is 0 Å². The zero-order valence-corrected chi connectivity index (χ0v) is 37.6. The van der Waals surface area contributed by atoms with Gasteiger partial charge in [0, 0.05) is 0 Å². The summed E-state index contributed by atoms with van der Waals surface area (Å²) in [5.41, 5.74) is 2.15. The van der Waals surface area contributed by atoms with Crippen molar-refractivity contribution in [2.45, 2.75) is 0 Å². The Morgan fingerprint density at radius 2 is 0.770 bits per heavy atom. The van der Waals surface area contributed by atoms with Crippen LogP contribution >= 0.6 is 21.4 Å². The predicted octanol–water partition coefficient (Wildman–Crippen LogP) is 9.69. The second-order valence-electron chi connectivity index (χ2n) is 15.2. The van der Waals surface area contributed by atoms with Crippen LogP contribution in [0.25, 0.3) is 38.4 Å². The number of fused-ring (bicyclic) bond motifs is 8. The van der Waals surface area contributed by atoms with Gasteiger partial charge in [0.05, 0.1) is 0 Å². The van der Waals surface area contributed by atoms with Crippen molar-refractivity contribution in [1.82, 2.24) is 9.38 Å². The molecular formula is C55H39N2P3Se. The Morgan fingerprint density at radius 3 is 1.26 bits per heavy atom. The first-order valence-electron chi connectivity index (χ1n) is 20.5. The van der Waals surface area contributed by atoms with Crippen LogP contribution in [-0.2, 0) is 0 Å². The number of hydrogen-bond acceptors (Lipinski definition) is 1. The van der Waals surface area contributed by atoms with Crippen molar-refractivity contribution in [3.05, 3.63) is 237 Å². The van der Waals surface area contributed by atoms with E-state index in [2.05, 4.69) is 256 Å². The number of rotatable bonds is 9. The fourth-order valence-electron chi connectivity index (χ4n) is 8.78. The molecule has 0 saturated carbocycles. The molecule has 0 amide bonds. The van der Waals surface area contributed by atoms with Crippen LogP contribution in [0, 0.1) is 0 Å². The molecule has 11 rings (SSSR count). The average Bonchev–Trinajstić information content (AvgIpc) is 3.73. The van der Waals surface area contributed by atoms with Crippen molar-refractivity contribution in [3.8, 4) is 0 Å². The van der Waals surface area contributed by atoms with E-state index in [1.807, 2.05) is 0 Å². The normalized spacial score (nSPS) is 12.0. The first-order valence-corrected chi connectivity index (χ1v) is 27.2. The fourth-order valence-corrected chi connectivity index (χ4v) is 18.3. The minimum atomic E-state index is -2.13. The van der Waals surface area contributed by atoms with Crippen LogP contribution in [-0.4, -0.2) is 24.5 Å². The zero-order valence-electron chi connectivity index (χ0n) is 33.2. The molecule has 0 atom stereocenters. The topological polar surface area (TPSA) is 17.3 Å². The molecular weight excluding hydrogens is 861 g/mol. The Bertz CT molecular complexity index is 3260. The van der Waals surface area contributed by atoms with E-state index in [9.17, 15) is 0 Å². The summed E-state index contributed by atoms with van der Waals surface area (Å²) in [5.74, 6) is 0. The zero-order chi connectivity index (χ0) is 40.8. The van der Waals surface area contributed by atoms with Gasteiger partial charge >= 0.3 is 296 Å².